The standard InChI is InChI=1S/C18H20N2O4/c1-23-20(13-15-8-4-2-5-9-15)17(21)12-19-18(22)24-14-16-10-6-3-7-11-16/h2-11H,12-14H2,1H3,(H,19,22). The molecule has 0 aliphatic rings. The van der Waals surface area contributed by atoms with E-state index in [0.29, 0.717) is 6.54 Å². The highest BCUT2D eigenvalue weighted by molar-refractivity contribution is 5.81. The summed E-state index contributed by atoms with van der Waals surface area (Å²) in [6.07, 6.45) is -0.650. The molecule has 24 heavy (non-hydrogen) atoms. The first-order valence-corrected chi connectivity index (χ1v) is 7.52. The van der Waals surface area contributed by atoms with E-state index in [-0.39, 0.29) is 19.1 Å². The smallest absolute Gasteiger partial charge is 0.407 e. The number of nitrogens with zero attached hydrogens (tertiary/aromatic N) is 1. The lowest BCUT2D eigenvalue weighted by Gasteiger charge is -2.19. The molecule has 0 fully saturated rings. The lowest BCUT2D eigenvalue weighted by atomic mass is 10.2. The Balaban J connectivity index is 1.75. The van der Waals surface area contributed by atoms with Gasteiger partial charge in [0.05, 0.1) is 13.7 Å². The number of carbonyl (C=O) groups excluding carboxylic acids is 2. The van der Waals surface area contributed by atoms with Crippen molar-refractivity contribution in [3.05, 3.63) is 71.8 Å². The molecule has 126 valence electrons. The molecule has 0 unspecified atom stereocenters. The van der Waals surface area contributed by atoms with E-state index in [1.807, 2.05) is 60.7 Å². The van der Waals surface area contributed by atoms with Gasteiger partial charge in [-0.05, 0) is 11.1 Å². The third-order valence-corrected chi connectivity index (χ3v) is 3.26. The molecule has 0 saturated carbocycles. The number of rotatable bonds is 7. The summed E-state index contributed by atoms with van der Waals surface area (Å²) in [5.41, 5.74) is 1.81. The molecule has 0 radical (unpaired) electrons. The van der Waals surface area contributed by atoms with Crippen LogP contribution in [0.2, 0.25) is 0 Å². The topological polar surface area (TPSA) is 67.9 Å². The highest BCUT2D eigenvalue weighted by Gasteiger charge is 2.15. The molecule has 0 atom stereocenters. The largest absolute Gasteiger partial charge is 0.445 e. The van der Waals surface area contributed by atoms with E-state index < -0.39 is 6.09 Å². The molecule has 0 spiro atoms. The lowest BCUT2D eigenvalue weighted by Crippen LogP contribution is -2.39. The second kappa shape index (κ2) is 9.32. The highest BCUT2D eigenvalue weighted by atomic mass is 16.7. The van der Waals surface area contributed by atoms with Crippen molar-refractivity contribution in [1.82, 2.24) is 10.4 Å². The molecule has 1 N–H and O–H groups in total. The van der Waals surface area contributed by atoms with Crippen LogP contribution in [0.1, 0.15) is 11.1 Å². The minimum Gasteiger partial charge on any atom is -0.445 e. The first-order chi connectivity index (χ1) is 11.7. The van der Waals surface area contributed by atoms with Crippen molar-refractivity contribution >= 4 is 12.0 Å². The van der Waals surface area contributed by atoms with Gasteiger partial charge in [-0.3, -0.25) is 9.63 Å². The Labute approximate surface area is 140 Å². The van der Waals surface area contributed by atoms with Crippen molar-refractivity contribution < 1.29 is 19.2 Å². The van der Waals surface area contributed by atoms with E-state index in [4.69, 9.17) is 9.57 Å². The molecule has 6 nitrogen and oxygen atoms in total. The van der Waals surface area contributed by atoms with E-state index in [1.165, 1.54) is 12.2 Å². The van der Waals surface area contributed by atoms with Gasteiger partial charge in [0.15, 0.2) is 0 Å². The van der Waals surface area contributed by atoms with Gasteiger partial charge in [0.1, 0.15) is 13.2 Å². The van der Waals surface area contributed by atoms with Gasteiger partial charge in [0, 0.05) is 0 Å². The van der Waals surface area contributed by atoms with Gasteiger partial charge >= 0.3 is 6.09 Å². The summed E-state index contributed by atoms with van der Waals surface area (Å²) in [4.78, 5) is 28.8. The summed E-state index contributed by atoms with van der Waals surface area (Å²) >= 11 is 0. The Morgan fingerprint density at radius 1 is 0.958 bits per heavy atom. The Bertz CT molecular complexity index is 647. The highest BCUT2D eigenvalue weighted by Crippen LogP contribution is 2.05. The second-order valence-corrected chi connectivity index (χ2v) is 5.01. The monoisotopic (exact) mass is 328 g/mol. The molecule has 2 aromatic carbocycles. The number of ether oxygens (including phenoxy) is 1. The number of alkyl carbamates (subject to hydrolysis) is 1. The number of hydrogen-bond acceptors (Lipinski definition) is 4. The quantitative estimate of drug-likeness (QED) is 0.793. The minimum absolute atomic E-state index is 0.152. The van der Waals surface area contributed by atoms with Gasteiger partial charge < -0.3 is 10.1 Å². The minimum atomic E-state index is -0.650. The maximum atomic E-state index is 12.1. The third-order valence-electron chi connectivity index (χ3n) is 3.26. The van der Waals surface area contributed by atoms with Gasteiger partial charge in [-0.2, -0.15) is 0 Å². The summed E-state index contributed by atoms with van der Waals surface area (Å²) in [6.45, 7) is 0.254. The van der Waals surface area contributed by atoms with Crippen molar-refractivity contribution in [2.75, 3.05) is 13.7 Å². The number of hydrogen-bond donors (Lipinski definition) is 1. The zero-order valence-corrected chi connectivity index (χ0v) is 13.5. The van der Waals surface area contributed by atoms with Crippen LogP contribution in [0.15, 0.2) is 60.7 Å². The molecule has 2 rings (SSSR count). The van der Waals surface area contributed by atoms with Crippen LogP contribution >= 0.6 is 0 Å². The van der Waals surface area contributed by atoms with E-state index >= 15 is 0 Å². The van der Waals surface area contributed by atoms with Crippen LogP contribution in [0.4, 0.5) is 4.79 Å². The average molecular weight is 328 g/mol. The van der Waals surface area contributed by atoms with E-state index in [9.17, 15) is 9.59 Å². The molecular formula is C18H20N2O4. The number of amides is 2. The summed E-state index contributed by atoms with van der Waals surface area (Å²) in [6, 6.07) is 18.7. The van der Waals surface area contributed by atoms with Crippen LogP contribution in [0.5, 0.6) is 0 Å². The van der Waals surface area contributed by atoms with Crippen LogP contribution in [0, 0.1) is 0 Å². The molecule has 0 aliphatic heterocycles. The Kier molecular flexibility index (Phi) is 6.79. The number of nitrogens with one attached hydrogen (secondary N) is 1. The van der Waals surface area contributed by atoms with E-state index in [0.717, 1.165) is 11.1 Å². The van der Waals surface area contributed by atoms with Crippen molar-refractivity contribution in [3.8, 4) is 0 Å². The van der Waals surface area contributed by atoms with Crippen LogP contribution in [-0.4, -0.2) is 30.7 Å². The third kappa shape index (κ3) is 5.73. The van der Waals surface area contributed by atoms with Gasteiger partial charge in [-0.25, -0.2) is 9.86 Å². The maximum absolute atomic E-state index is 12.1. The molecule has 2 aromatic rings. The predicted molar refractivity (Wildman–Crippen MR) is 88.6 cm³/mol. The van der Waals surface area contributed by atoms with E-state index in [2.05, 4.69) is 5.32 Å². The van der Waals surface area contributed by atoms with Crippen LogP contribution in [0.3, 0.4) is 0 Å². The molecule has 2 amide bonds. The van der Waals surface area contributed by atoms with Crippen molar-refractivity contribution in [1.29, 1.82) is 0 Å². The Morgan fingerprint density at radius 2 is 1.54 bits per heavy atom. The van der Waals surface area contributed by atoms with Crippen LogP contribution in [-0.2, 0) is 27.5 Å². The maximum Gasteiger partial charge on any atom is 0.407 e. The fourth-order valence-corrected chi connectivity index (χ4v) is 2.01. The number of hydroxylamine groups is 2. The number of carbonyl (C=O) groups is 2. The van der Waals surface area contributed by atoms with Crippen LogP contribution < -0.4 is 5.32 Å². The molecule has 0 bridgehead atoms. The number of benzene rings is 2. The van der Waals surface area contributed by atoms with Gasteiger partial charge in [-0.1, -0.05) is 60.7 Å². The summed E-state index contributed by atoms with van der Waals surface area (Å²) in [5, 5.41) is 3.61. The Hall–Kier alpha value is -2.86. The Morgan fingerprint density at radius 3 is 2.12 bits per heavy atom. The zero-order chi connectivity index (χ0) is 17.2. The first-order valence-electron chi connectivity index (χ1n) is 7.52. The SMILES string of the molecule is CON(Cc1ccccc1)C(=O)CNC(=O)OCc1ccccc1. The van der Waals surface area contributed by atoms with Gasteiger partial charge in [0.2, 0.25) is 0 Å². The van der Waals surface area contributed by atoms with Crippen molar-refractivity contribution in [2.24, 2.45) is 0 Å². The predicted octanol–water partition coefficient (Wildman–Crippen LogP) is 2.50. The molecular weight excluding hydrogens is 308 g/mol. The second-order valence-electron chi connectivity index (χ2n) is 5.01. The van der Waals surface area contributed by atoms with Gasteiger partial charge in [0.25, 0.3) is 5.91 Å². The normalized spacial score (nSPS) is 10.0. The van der Waals surface area contributed by atoms with Crippen molar-refractivity contribution in [3.63, 3.8) is 0 Å². The fourth-order valence-electron chi connectivity index (χ4n) is 2.01. The van der Waals surface area contributed by atoms with Gasteiger partial charge in [-0.15, -0.1) is 0 Å². The molecule has 0 saturated heterocycles. The average Bonchev–Trinajstić information content (AvgIpc) is 2.64. The summed E-state index contributed by atoms with van der Waals surface area (Å²) in [5.74, 6) is -0.363. The molecule has 0 aromatic heterocycles. The summed E-state index contributed by atoms with van der Waals surface area (Å²) < 4.78 is 5.05. The zero-order valence-electron chi connectivity index (χ0n) is 13.5. The lowest BCUT2D eigenvalue weighted by molar-refractivity contribution is -0.178. The first kappa shape index (κ1) is 17.5. The van der Waals surface area contributed by atoms with Crippen LogP contribution in [0.25, 0.3) is 0 Å². The molecule has 6 heteroatoms. The molecule has 0 aliphatic carbocycles. The fraction of sp³-hybridized carbons (Fsp3) is 0.222. The molecule has 0 heterocycles. The summed E-state index contributed by atoms with van der Waals surface area (Å²) in [7, 11) is 1.41. The van der Waals surface area contributed by atoms with Crippen molar-refractivity contribution in [2.45, 2.75) is 13.2 Å². The van der Waals surface area contributed by atoms with E-state index in [1.54, 1.807) is 0 Å².